The molecular weight excluding hydrogens is 276 g/mol. The van der Waals surface area contributed by atoms with Crippen molar-refractivity contribution in [1.29, 1.82) is 0 Å². The summed E-state index contributed by atoms with van der Waals surface area (Å²) in [6, 6.07) is 4.10. The van der Waals surface area contributed by atoms with Gasteiger partial charge in [0.1, 0.15) is 5.82 Å². The van der Waals surface area contributed by atoms with Crippen LogP contribution in [0.25, 0.3) is 0 Å². The van der Waals surface area contributed by atoms with Gasteiger partial charge in [-0.2, -0.15) is 0 Å². The van der Waals surface area contributed by atoms with Gasteiger partial charge in [0.25, 0.3) is 0 Å². The molecule has 120 valence electrons. The van der Waals surface area contributed by atoms with E-state index in [1.165, 1.54) is 25.7 Å². The quantitative estimate of drug-likeness (QED) is 0.899. The number of urea groups is 1. The highest BCUT2D eigenvalue weighted by atomic mass is 16.2. The zero-order valence-electron chi connectivity index (χ0n) is 13.6. The molecule has 1 spiro atoms. The highest BCUT2D eigenvalue weighted by molar-refractivity contribution is 5.88. The van der Waals surface area contributed by atoms with Gasteiger partial charge in [-0.1, -0.05) is 6.42 Å². The maximum Gasteiger partial charge on any atom is 0.320 e. The second-order valence-corrected chi connectivity index (χ2v) is 7.18. The van der Waals surface area contributed by atoms with Crippen molar-refractivity contribution in [3.05, 3.63) is 23.9 Å². The van der Waals surface area contributed by atoms with Gasteiger partial charge in [0.15, 0.2) is 0 Å². The molecule has 0 radical (unpaired) electrons. The summed E-state index contributed by atoms with van der Waals surface area (Å²) >= 11 is 0. The van der Waals surface area contributed by atoms with Crippen LogP contribution in [0.2, 0.25) is 0 Å². The van der Waals surface area contributed by atoms with Crippen LogP contribution in [-0.4, -0.2) is 36.1 Å². The second kappa shape index (κ2) is 6.24. The zero-order chi connectivity index (χ0) is 15.6. The SMILES string of the molecule is CN(C)Cc1ccnc(NC(=O)NC2CCCC3(CC3)C2)c1. The molecule has 1 heterocycles. The van der Waals surface area contributed by atoms with Crippen LogP contribution in [0.5, 0.6) is 0 Å². The molecule has 2 aliphatic rings. The molecule has 3 rings (SSSR count). The molecular formula is C17H26N4O. The first-order valence-electron chi connectivity index (χ1n) is 8.22. The number of amides is 2. The van der Waals surface area contributed by atoms with Gasteiger partial charge in [0.2, 0.25) is 0 Å². The normalized spacial score (nSPS) is 22.6. The lowest BCUT2D eigenvalue weighted by molar-refractivity contribution is 0.232. The van der Waals surface area contributed by atoms with E-state index >= 15 is 0 Å². The maximum absolute atomic E-state index is 12.2. The third-order valence-electron chi connectivity index (χ3n) is 4.80. The Balaban J connectivity index is 1.53. The van der Waals surface area contributed by atoms with Gasteiger partial charge in [-0.05, 0) is 69.3 Å². The molecule has 5 heteroatoms. The van der Waals surface area contributed by atoms with Crippen LogP contribution >= 0.6 is 0 Å². The fourth-order valence-electron chi connectivity index (χ4n) is 3.55. The number of carbonyl (C=O) groups excluding carboxylic acids is 1. The first-order chi connectivity index (χ1) is 10.5. The Morgan fingerprint density at radius 1 is 1.41 bits per heavy atom. The van der Waals surface area contributed by atoms with Gasteiger partial charge in [0.05, 0.1) is 0 Å². The molecule has 2 N–H and O–H groups in total. The van der Waals surface area contributed by atoms with Crippen LogP contribution in [0, 0.1) is 5.41 Å². The lowest BCUT2D eigenvalue weighted by atomic mass is 9.83. The topological polar surface area (TPSA) is 57.3 Å². The van der Waals surface area contributed by atoms with Crippen molar-refractivity contribution < 1.29 is 4.79 Å². The lowest BCUT2D eigenvalue weighted by Gasteiger charge is -2.29. The third kappa shape index (κ3) is 3.97. The minimum absolute atomic E-state index is 0.128. The van der Waals surface area contributed by atoms with Crippen LogP contribution in [0.4, 0.5) is 10.6 Å². The zero-order valence-corrected chi connectivity index (χ0v) is 13.6. The molecule has 0 aliphatic heterocycles. The minimum Gasteiger partial charge on any atom is -0.335 e. The first kappa shape index (κ1) is 15.3. The minimum atomic E-state index is -0.128. The number of carbonyl (C=O) groups is 1. The fourth-order valence-corrected chi connectivity index (χ4v) is 3.55. The Morgan fingerprint density at radius 2 is 2.23 bits per heavy atom. The Hall–Kier alpha value is -1.62. The van der Waals surface area contributed by atoms with Crippen molar-refractivity contribution in [3.8, 4) is 0 Å². The predicted octanol–water partition coefficient (Wildman–Crippen LogP) is 2.99. The highest BCUT2D eigenvalue weighted by Crippen LogP contribution is 2.56. The molecule has 2 aliphatic carbocycles. The Labute approximate surface area is 132 Å². The van der Waals surface area contributed by atoms with Crippen LogP contribution in [0.1, 0.15) is 44.1 Å². The highest BCUT2D eigenvalue weighted by Gasteiger charge is 2.45. The molecule has 5 nitrogen and oxygen atoms in total. The van der Waals surface area contributed by atoms with E-state index < -0.39 is 0 Å². The molecule has 1 aromatic heterocycles. The summed E-state index contributed by atoms with van der Waals surface area (Å²) in [6.07, 6.45) is 9.27. The van der Waals surface area contributed by atoms with E-state index in [0.29, 0.717) is 17.3 Å². The van der Waals surface area contributed by atoms with Crippen molar-refractivity contribution in [2.24, 2.45) is 5.41 Å². The van der Waals surface area contributed by atoms with Gasteiger partial charge in [-0.25, -0.2) is 9.78 Å². The second-order valence-electron chi connectivity index (χ2n) is 7.18. The van der Waals surface area contributed by atoms with E-state index in [9.17, 15) is 4.79 Å². The average molecular weight is 302 g/mol. The average Bonchev–Trinajstić information content (AvgIpc) is 3.17. The Morgan fingerprint density at radius 3 is 2.95 bits per heavy atom. The van der Waals surface area contributed by atoms with E-state index in [2.05, 4.69) is 20.5 Å². The van der Waals surface area contributed by atoms with Crippen molar-refractivity contribution in [2.75, 3.05) is 19.4 Å². The van der Waals surface area contributed by atoms with Crippen LogP contribution in [0.3, 0.4) is 0 Å². The standard InChI is InChI=1S/C17H26N4O/c1-21(2)12-13-5-9-18-15(10-13)20-16(22)19-14-4-3-6-17(11-14)7-8-17/h5,9-10,14H,3-4,6-8,11-12H2,1-2H3,(H2,18,19,20,22). The van der Waals surface area contributed by atoms with Crippen LogP contribution in [-0.2, 0) is 6.54 Å². The molecule has 1 unspecified atom stereocenters. The smallest absolute Gasteiger partial charge is 0.320 e. The predicted molar refractivity (Wildman–Crippen MR) is 87.7 cm³/mol. The van der Waals surface area contributed by atoms with Crippen molar-refractivity contribution in [2.45, 2.75) is 51.1 Å². The Kier molecular flexibility index (Phi) is 4.34. The molecule has 2 saturated carbocycles. The number of nitrogens with one attached hydrogen (secondary N) is 2. The summed E-state index contributed by atoms with van der Waals surface area (Å²) < 4.78 is 0. The Bertz CT molecular complexity index is 539. The number of nitrogens with zero attached hydrogens (tertiary/aromatic N) is 2. The summed E-state index contributed by atoms with van der Waals surface area (Å²) in [6.45, 7) is 0.837. The van der Waals surface area contributed by atoms with E-state index in [1.54, 1.807) is 6.20 Å². The van der Waals surface area contributed by atoms with Crippen molar-refractivity contribution >= 4 is 11.8 Å². The number of aromatic nitrogens is 1. The van der Waals surface area contributed by atoms with Gasteiger partial charge >= 0.3 is 6.03 Å². The van der Waals surface area contributed by atoms with Crippen molar-refractivity contribution in [1.82, 2.24) is 15.2 Å². The molecule has 1 aromatic rings. The maximum atomic E-state index is 12.2. The van der Waals surface area contributed by atoms with E-state index in [4.69, 9.17) is 0 Å². The molecule has 2 amide bonds. The van der Waals surface area contributed by atoms with Gasteiger partial charge in [-0.15, -0.1) is 0 Å². The van der Waals surface area contributed by atoms with E-state index in [-0.39, 0.29) is 6.03 Å². The largest absolute Gasteiger partial charge is 0.335 e. The fraction of sp³-hybridized carbons (Fsp3) is 0.647. The molecule has 0 aromatic carbocycles. The summed E-state index contributed by atoms with van der Waals surface area (Å²) in [5.41, 5.74) is 1.71. The van der Waals surface area contributed by atoms with Crippen molar-refractivity contribution in [3.63, 3.8) is 0 Å². The molecule has 0 bridgehead atoms. The third-order valence-corrected chi connectivity index (χ3v) is 4.80. The van der Waals surface area contributed by atoms with E-state index in [0.717, 1.165) is 24.9 Å². The summed E-state index contributed by atoms with van der Waals surface area (Å²) in [7, 11) is 4.05. The van der Waals surface area contributed by atoms with Gasteiger partial charge in [-0.3, -0.25) is 5.32 Å². The molecule has 1 atom stereocenters. The van der Waals surface area contributed by atoms with Gasteiger partial charge in [0, 0.05) is 18.8 Å². The molecule has 0 saturated heterocycles. The number of hydrogen-bond donors (Lipinski definition) is 2. The van der Waals surface area contributed by atoms with Gasteiger partial charge < -0.3 is 10.2 Å². The van der Waals surface area contributed by atoms with E-state index in [1.807, 2.05) is 26.2 Å². The molecule has 22 heavy (non-hydrogen) atoms. The summed E-state index contributed by atoms with van der Waals surface area (Å²) in [5, 5.41) is 5.99. The number of hydrogen-bond acceptors (Lipinski definition) is 3. The number of rotatable bonds is 4. The lowest BCUT2D eigenvalue weighted by Crippen LogP contribution is -2.41. The first-order valence-corrected chi connectivity index (χ1v) is 8.22. The number of pyridine rings is 1. The summed E-state index contributed by atoms with van der Waals surface area (Å²) in [5.74, 6) is 0.619. The monoisotopic (exact) mass is 302 g/mol. The summed E-state index contributed by atoms with van der Waals surface area (Å²) in [4.78, 5) is 18.5. The molecule has 2 fully saturated rings. The van der Waals surface area contributed by atoms with Crippen LogP contribution in [0.15, 0.2) is 18.3 Å². The number of anilines is 1. The van der Waals surface area contributed by atoms with Crippen LogP contribution < -0.4 is 10.6 Å².